The van der Waals surface area contributed by atoms with Gasteiger partial charge in [-0.15, -0.1) is 6.42 Å². The molecule has 0 saturated carbocycles. The van der Waals surface area contributed by atoms with E-state index in [1.54, 1.807) is 0 Å². The maximum atomic E-state index is 5.55. The van der Waals surface area contributed by atoms with Crippen molar-refractivity contribution in [3.05, 3.63) is 34.4 Å². The van der Waals surface area contributed by atoms with Gasteiger partial charge in [0.25, 0.3) is 0 Å². The van der Waals surface area contributed by atoms with Crippen LogP contribution in [0.15, 0.2) is 12.1 Å². The standard InChI is InChI=1S/C14H18/c1-7-14(5,6)13-9-11(3)10(2)8-12(13)4/h1,8-9H,2-6H3. The Balaban J connectivity index is 3.38. The summed E-state index contributed by atoms with van der Waals surface area (Å²) in [7, 11) is 0. The molecule has 1 aromatic carbocycles. The fraction of sp³-hybridized carbons (Fsp3) is 0.429. The molecule has 0 saturated heterocycles. The summed E-state index contributed by atoms with van der Waals surface area (Å²) in [5.74, 6) is 2.85. The first-order valence-corrected chi connectivity index (χ1v) is 4.94. The molecule has 0 heterocycles. The normalized spacial score (nSPS) is 11.1. The number of terminal acetylenes is 1. The third-order valence-corrected chi connectivity index (χ3v) is 2.87. The Morgan fingerprint density at radius 3 is 2.00 bits per heavy atom. The summed E-state index contributed by atoms with van der Waals surface area (Å²) in [6.45, 7) is 10.6. The van der Waals surface area contributed by atoms with Crippen LogP contribution in [0.4, 0.5) is 0 Å². The van der Waals surface area contributed by atoms with Crippen molar-refractivity contribution < 1.29 is 0 Å². The van der Waals surface area contributed by atoms with Gasteiger partial charge in [0, 0.05) is 0 Å². The Kier molecular flexibility index (Phi) is 2.71. The summed E-state index contributed by atoms with van der Waals surface area (Å²) in [4.78, 5) is 0. The summed E-state index contributed by atoms with van der Waals surface area (Å²) in [5.41, 5.74) is 5.04. The third-order valence-electron chi connectivity index (χ3n) is 2.87. The van der Waals surface area contributed by atoms with Gasteiger partial charge in [0.05, 0.1) is 5.41 Å². The van der Waals surface area contributed by atoms with Gasteiger partial charge in [-0.2, -0.15) is 0 Å². The van der Waals surface area contributed by atoms with Crippen LogP contribution in [0.3, 0.4) is 0 Å². The molecule has 0 unspecified atom stereocenters. The predicted molar refractivity (Wildman–Crippen MR) is 62.5 cm³/mol. The van der Waals surface area contributed by atoms with Crippen LogP contribution in [-0.2, 0) is 5.41 Å². The van der Waals surface area contributed by atoms with Crippen molar-refractivity contribution in [2.45, 2.75) is 40.0 Å². The zero-order valence-corrected chi connectivity index (χ0v) is 9.73. The number of benzene rings is 1. The number of hydrogen-bond acceptors (Lipinski definition) is 0. The largest absolute Gasteiger partial charge is 0.119 e. The molecule has 0 radical (unpaired) electrons. The molecule has 0 aromatic heterocycles. The number of hydrogen-bond donors (Lipinski definition) is 0. The van der Waals surface area contributed by atoms with E-state index in [9.17, 15) is 0 Å². The molecule has 0 atom stereocenters. The maximum absolute atomic E-state index is 5.55. The Hall–Kier alpha value is -1.22. The van der Waals surface area contributed by atoms with Gasteiger partial charge >= 0.3 is 0 Å². The summed E-state index contributed by atoms with van der Waals surface area (Å²) in [6, 6.07) is 4.42. The van der Waals surface area contributed by atoms with Crippen LogP contribution in [0.5, 0.6) is 0 Å². The molecule has 0 aliphatic heterocycles. The highest BCUT2D eigenvalue weighted by Crippen LogP contribution is 2.27. The lowest BCUT2D eigenvalue weighted by Crippen LogP contribution is -2.16. The molecular formula is C14H18. The highest BCUT2D eigenvalue weighted by atomic mass is 14.2. The van der Waals surface area contributed by atoms with Crippen LogP contribution < -0.4 is 0 Å². The van der Waals surface area contributed by atoms with Crippen LogP contribution in [0, 0.1) is 33.1 Å². The van der Waals surface area contributed by atoms with E-state index in [2.05, 4.69) is 52.7 Å². The summed E-state index contributed by atoms with van der Waals surface area (Å²) in [5, 5.41) is 0. The molecule has 0 nitrogen and oxygen atoms in total. The van der Waals surface area contributed by atoms with Crippen molar-refractivity contribution in [2.24, 2.45) is 0 Å². The molecule has 0 amide bonds. The van der Waals surface area contributed by atoms with Crippen LogP contribution >= 0.6 is 0 Å². The first-order valence-electron chi connectivity index (χ1n) is 4.94. The second-order valence-corrected chi connectivity index (χ2v) is 4.52. The lowest BCUT2D eigenvalue weighted by Gasteiger charge is -2.22. The van der Waals surface area contributed by atoms with E-state index in [1.807, 2.05) is 0 Å². The van der Waals surface area contributed by atoms with E-state index in [0.717, 1.165) is 0 Å². The number of aryl methyl sites for hydroxylation is 3. The van der Waals surface area contributed by atoms with Crippen LogP contribution in [0.25, 0.3) is 0 Å². The molecule has 14 heavy (non-hydrogen) atoms. The molecule has 1 rings (SSSR count). The Bertz CT molecular complexity index is 389. The smallest absolute Gasteiger partial charge is 0.0506 e. The zero-order chi connectivity index (χ0) is 10.9. The highest BCUT2D eigenvalue weighted by Gasteiger charge is 2.19. The monoisotopic (exact) mass is 186 g/mol. The fourth-order valence-corrected chi connectivity index (χ4v) is 1.71. The van der Waals surface area contributed by atoms with Crippen molar-refractivity contribution in [1.29, 1.82) is 0 Å². The van der Waals surface area contributed by atoms with E-state index in [-0.39, 0.29) is 5.41 Å². The second kappa shape index (κ2) is 3.50. The molecule has 0 fully saturated rings. The zero-order valence-electron chi connectivity index (χ0n) is 9.73. The van der Waals surface area contributed by atoms with E-state index in [0.29, 0.717) is 0 Å². The van der Waals surface area contributed by atoms with Gasteiger partial charge in [0.15, 0.2) is 0 Å². The molecule has 0 heteroatoms. The third kappa shape index (κ3) is 1.82. The van der Waals surface area contributed by atoms with Gasteiger partial charge in [-0.1, -0.05) is 18.1 Å². The second-order valence-electron chi connectivity index (χ2n) is 4.52. The minimum Gasteiger partial charge on any atom is -0.119 e. The Morgan fingerprint density at radius 1 is 1.00 bits per heavy atom. The molecule has 74 valence electrons. The number of rotatable bonds is 1. The minimum absolute atomic E-state index is 0.164. The lowest BCUT2D eigenvalue weighted by atomic mass is 9.81. The average molecular weight is 186 g/mol. The Labute approximate surface area is 87.4 Å². The molecular weight excluding hydrogens is 168 g/mol. The van der Waals surface area contributed by atoms with Crippen molar-refractivity contribution in [3.8, 4) is 12.3 Å². The van der Waals surface area contributed by atoms with Crippen LogP contribution in [-0.4, -0.2) is 0 Å². The van der Waals surface area contributed by atoms with Crippen molar-refractivity contribution in [3.63, 3.8) is 0 Å². The summed E-state index contributed by atoms with van der Waals surface area (Å²) < 4.78 is 0. The van der Waals surface area contributed by atoms with Gasteiger partial charge < -0.3 is 0 Å². The maximum Gasteiger partial charge on any atom is 0.0506 e. The first kappa shape index (κ1) is 10.9. The molecule has 0 aliphatic rings. The molecule has 1 aromatic rings. The first-order chi connectivity index (χ1) is 6.38. The fourth-order valence-electron chi connectivity index (χ4n) is 1.71. The molecule has 0 spiro atoms. The van der Waals surface area contributed by atoms with Crippen LogP contribution in [0.2, 0.25) is 0 Å². The van der Waals surface area contributed by atoms with E-state index < -0.39 is 0 Å². The summed E-state index contributed by atoms with van der Waals surface area (Å²) >= 11 is 0. The molecule has 0 N–H and O–H groups in total. The molecule has 0 aliphatic carbocycles. The van der Waals surface area contributed by atoms with Crippen molar-refractivity contribution in [2.75, 3.05) is 0 Å². The van der Waals surface area contributed by atoms with Gasteiger partial charge in [0.2, 0.25) is 0 Å². The summed E-state index contributed by atoms with van der Waals surface area (Å²) in [6.07, 6.45) is 5.55. The van der Waals surface area contributed by atoms with Gasteiger partial charge in [-0.05, 0) is 56.9 Å². The van der Waals surface area contributed by atoms with Gasteiger partial charge in [-0.25, -0.2) is 0 Å². The van der Waals surface area contributed by atoms with Crippen molar-refractivity contribution in [1.82, 2.24) is 0 Å². The topological polar surface area (TPSA) is 0 Å². The van der Waals surface area contributed by atoms with E-state index in [1.165, 1.54) is 22.3 Å². The average Bonchev–Trinajstić information content (AvgIpc) is 2.11. The van der Waals surface area contributed by atoms with E-state index in [4.69, 9.17) is 6.42 Å². The van der Waals surface area contributed by atoms with E-state index >= 15 is 0 Å². The lowest BCUT2D eigenvalue weighted by molar-refractivity contribution is 0.692. The van der Waals surface area contributed by atoms with Gasteiger partial charge in [-0.3, -0.25) is 0 Å². The predicted octanol–water partition coefficient (Wildman–Crippen LogP) is 3.52. The SMILES string of the molecule is C#CC(C)(C)c1cc(C)c(C)cc1C. The quantitative estimate of drug-likeness (QED) is 0.589. The minimum atomic E-state index is -0.164. The van der Waals surface area contributed by atoms with Crippen molar-refractivity contribution >= 4 is 0 Å². The van der Waals surface area contributed by atoms with Crippen LogP contribution in [0.1, 0.15) is 36.1 Å². The van der Waals surface area contributed by atoms with Gasteiger partial charge in [0.1, 0.15) is 0 Å². The molecule has 0 bridgehead atoms. The highest BCUT2D eigenvalue weighted by molar-refractivity contribution is 5.43. The Morgan fingerprint density at radius 2 is 1.50 bits per heavy atom.